The molecule has 0 saturated carbocycles. The number of guanidine groups is 1. The molecule has 1 unspecified atom stereocenters. The van der Waals surface area contributed by atoms with E-state index in [4.69, 9.17) is 16.3 Å². The Kier molecular flexibility index (Phi) is 9.15. The van der Waals surface area contributed by atoms with Crippen LogP contribution >= 0.6 is 35.6 Å². The molecule has 1 saturated heterocycles. The van der Waals surface area contributed by atoms with Crippen LogP contribution in [0.4, 0.5) is 14.5 Å². The van der Waals surface area contributed by atoms with Crippen molar-refractivity contribution in [2.45, 2.75) is 12.5 Å². The maximum Gasteiger partial charge on any atom is 0.232 e. The second kappa shape index (κ2) is 11.3. The molecule has 1 aliphatic rings. The van der Waals surface area contributed by atoms with Crippen molar-refractivity contribution in [3.63, 3.8) is 0 Å². The van der Waals surface area contributed by atoms with Gasteiger partial charge in [-0.1, -0.05) is 17.7 Å². The molecule has 0 bridgehead atoms. The van der Waals surface area contributed by atoms with E-state index in [1.807, 2.05) is 0 Å². The Morgan fingerprint density at radius 1 is 1.31 bits per heavy atom. The van der Waals surface area contributed by atoms with Gasteiger partial charge in [-0.25, -0.2) is 13.8 Å². The second-order valence-electron chi connectivity index (χ2n) is 6.28. The first kappa shape index (κ1) is 23.4. The number of aromatic nitrogens is 1. The van der Waals surface area contributed by atoms with Crippen molar-refractivity contribution < 1.29 is 13.5 Å². The highest BCUT2D eigenvalue weighted by Crippen LogP contribution is 2.26. The molecule has 0 aliphatic carbocycles. The van der Waals surface area contributed by atoms with Crippen LogP contribution in [-0.4, -0.2) is 50.3 Å². The number of halogens is 4. The van der Waals surface area contributed by atoms with E-state index in [0.29, 0.717) is 43.1 Å². The fraction of sp³-hybridized carbons (Fsp3) is 0.368. The summed E-state index contributed by atoms with van der Waals surface area (Å²) in [4.78, 5) is 9.94. The summed E-state index contributed by atoms with van der Waals surface area (Å²) in [6, 6.07) is 7.38. The van der Waals surface area contributed by atoms with E-state index in [-0.39, 0.29) is 35.7 Å². The van der Waals surface area contributed by atoms with Crippen molar-refractivity contribution in [1.82, 2.24) is 15.6 Å². The summed E-state index contributed by atoms with van der Waals surface area (Å²) in [5.74, 6) is -0.120. The summed E-state index contributed by atoms with van der Waals surface area (Å²) in [6.07, 6.45) is 2.36. The zero-order valence-electron chi connectivity index (χ0n) is 15.9. The van der Waals surface area contributed by atoms with Crippen molar-refractivity contribution >= 4 is 47.2 Å². The third-order valence-electron chi connectivity index (χ3n) is 4.36. The molecular formula is C19H23ClF2IN5O. The van der Waals surface area contributed by atoms with Gasteiger partial charge in [-0.2, -0.15) is 0 Å². The van der Waals surface area contributed by atoms with Gasteiger partial charge in [0.15, 0.2) is 5.96 Å². The van der Waals surface area contributed by atoms with E-state index >= 15 is 0 Å². The molecule has 1 fully saturated rings. The number of aliphatic imine (C=N–C) groups is 1. The first-order valence-corrected chi connectivity index (χ1v) is 9.35. The minimum absolute atomic E-state index is 0. The Balaban J connectivity index is 0.00000300. The number of nitrogens with one attached hydrogen (secondary N) is 2. The maximum atomic E-state index is 14.0. The topological polar surface area (TPSA) is 61.8 Å². The lowest BCUT2D eigenvalue weighted by molar-refractivity contribution is 0.310. The van der Waals surface area contributed by atoms with E-state index in [0.717, 1.165) is 6.42 Å². The molecule has 0 amide bonds. The number of benzene rings is 1. The molecule has 6 nitrogen and oxygen atoms in total. The second-order valence-corrected chi connectivity index (χ2v) is 6.69. The van der Waals surface area contributed by atoms with Crippen LogP contribution in [-0.2, 0) is 0 Å². The Morgan fingerprint density at radius 2 is 2.07 bits per heavy atom. The standard InChI is InChI=1S/C19H22ClF2N5O.HI/c1-23-19(25-9-11-28-18-14(20)4-3-8-24-18)26-13-7-10-27(12-13)17-15(21)5-2-6-16(17)22;/h2-6,8,13H,7,9-12H2,1H3,(H2,23,25,26);1H. The summed E-state index contributed by atoms with van der Waals surface area (Å²) in [6.45, 7) is 1.89. The number of hydrogen-bond acceptors (Lipinski definition) is 4. The Morgan fingerprint density at radius 3 is 2.76 bits per heavy atom. The zero-order chi connectivity index (χ0) is 19.9. The van der Waals surface area contributed by atoms with Crippen molar-refractivity contribution in [3.8, 4) is 5.88 Å². The molecule has 0 spiro atoms. The van der Waals surface area contributed by atoms with Gasteiger partial charge >= 0.3 is 0 Å². The summed E-state index contributed by atoms with van der Waals surface area (Å²) < 4.78 is 33.5. The van der Waals surface area contributed by atoms with Crippen LogP contribution in [0.1, 0.15) is 6.42 Å². The third kappa shape index (κ3) is 6.30. The maximum absolute atomic E-state index is 14.0. The first-order chi connectivity index (χ1) is 13.6. The third-order valence-corrected chi connectivity index (χ3v) is 4.65. The molecule has 2 aromatic rings. The quantitative estimate of drug-likeness (QED) is 0.256. The van der Waals surface area contributed by atoms with Gasteiger partial charge in [0.25, 0.3) is 0 Å². The summed E-state index contributed by atoms with van der Waals surface area (Å²) >= 11 is 5.99. The number of anilines is 1. The van der Waals surface area contributed by atoms with E-state index in [2.05, 4.69) is 20.6 Å². The molecule has 29 heavy (non-hydrogen) atoms. The molecule has 2 heterocycles. The summed E-state index contributed by atoms with van der Waals surface area (Å²) in [5, 5.41) is 6.86. The highest BCUT2D eigenvalue weighted by Gasteiger charge is 2.27. The number of rotatable bonds is 6. The fourth-order valence-electron chi connectivity index (χ4n) is 3.05. The molecule has 1 aliphatic heterocycles. The van der Waals surface area contributed by atoms with Gasteiger partial charge in [-0.05, 0) is 30.7 Å². The van der Waals surface area contributed by atoms with Gasteiger partial charge in [0.2, 0.25) is 5.88 Å². The van der Waals surface area contributed by atoms with Gasteiger partial charge in [0.1, 0.15) is 29.0 Å². The minimum Gasteiger partial charge on any atom is -0.475 e. The minimum atomic E-state index is -0.548. The van der Waals surface area contributed by atoms with Crippen LogP contribution < -0.4 is 20.3 Å². The molecule has 158 valence electrons. The Labute approximate surface area is 190 Å². The average Bonchev–Trinajstić information content (AvgIpc) is 3.13. The molecule has 3 rings (SSSR count). The van der Waals surface area contributed by atoms with Gasteiger partial charge in [0.05, 0.1) is 6.54 Å². The van der Waals surface area contributed by atoms with Crippen molar-refractivity contribution in [2.24, 2.45) is 4.99 Å². The van der Waals surface area contributed by atoms with Crippen LogP contribution in [0.3, 0.4) is 0 Å². The number of ether oxygens (including phenoxy) is 1. The van der Waals surface area contributed by atoms with Gasteiger partial charge < -0.3 is 20.3 Å². The van der Waals surface area contributed by atoms with E-state index in [1.54, 1.807) is 30.3 Å². The largest absolute Gasteiger partial charge is 0.475 e. The lowest BCUT2D eigenvalue weighted by atomic mass is 10.2. The highest BCUT2D eigenvalue weighted by atomic mass is 127. The molecule has 2 N–H and O–H groups in total. The van der Waals surface area contributed by atoms with Crippen molar-refractivity contribution in [3.05, 3.63) is 53.2 Å². The number of hydrogen-bond donors (Lipinski definition) is 2. The van der Waals surface area contributed by atoms with Crippen LogP contribution in [0.5, 0.6) is 5.88 Å². The SMILES string of the molecule is CN=C(NCCOc1ncccc1Cl)NC1CCN(c2c(F)cccc2F)C1.I. The number of pyridine rings is 1. The van der Waals surface area contributed by atoms with Crippen LogP contribution in [0.15, 0.2) is 41.5 Å². The first-order valence-electron chi connectivity index (χ1n) is 8.98. The zero-order valence-corrected chi connectivity index (χ0v) is 19.0. The van der Waals surface area contributed by atoms with E-state index < -0.39 is 11.6 Å². The lowest BCUT2D eigenvalue weighted by Gasteiger charge is -2.21. The summed E-state index contributed by atoms with van der Waals surface area (Å²) in [5.41, 5.74) is 0.0235. The molecule has 1 atom stereocenters. The van der Waals surface area contributed by atoms with Crippen molar-refractivity contribution in [2.75, 3.05) is 38.2 Å². The fourth-order valence-corrected chi connectivity index (χ4v) is 3.23. The van der Waals surface area contributed by atoms with Crippen LogP contribution in [0.25, 0.3) is 0 Å². The predicted octanol–water partition coefficient (Wildman–Crippen LogP) is 3.45. The van der Waals surface area contributed by atoms with Gasteiger partial charge in [-0.15, -0.1) is 24.0 Å². The van der Waals surface area contributed by atoms with E-state index in [1.165, 1.54) is 18.2 Å². The molecule has 10 heteroatoms. The van der Waals surface area contributed by atoms with Crippen LogP contribution in [0.2, 0.25) is 5.02 Å². The lowest BCUT2D eigenvalue weighted by Crippen LogP contribution is -2.45. The van der Waals surface area contributed by atoms with E-state index in [9.17, 15) is 8.78 Å². The summed E-state index contributed by atoms with van der Waals surface area (Å²) in [7, 11) is 1.66. The van der Waals surface area contributed by atoms with Gasteiger partial charge in [-0.3, -0.25) is 4.99 Å². The number of nitrogens with zero attached hydrogens (tertiary/aromatic N) is 3. The predicted molar refractivity (Wildman–Crippen MR) is 122 cm³/mol. The smallest absolute Gasteiger partial charge is 0.232 e. The Bertz CT molecular complexity index is 822. The van der Waals surface area contributed by atoms with Gasteiger partial charge in [0, 0.05) is 32.4 Å². The Hall–Kier alpha value is -1.88. The normalized spacial score (nSPS) is 16.3. The number of para-hydroxylation sites is 1. The molecule has 0 radical (unpaired) electrons. The monoisotopic (exact) mass is 537 g/mol. The van der Waals surface area contributed by atoms with Crippen molar-refractivity contribution in [1.29, 1.82) is 0 Å². The molecule has 1 aromatic heterocycles. The van der Waals surface area contributed by atoms with Crippen LogP contribution in [0, 0.1) is 11.6 Å². The molecule has 1 aromatic carbocycles. The molecular weight excluding hydrogens is 515 g/mol. The highest BCUT2D eigenvalue weighted by molar-refractivity contribution is 14.0. The average molecular weight is 538 g/mol.